The highest BCUT2D eigenvalue weighted by molar-refractivity contribution is 7.89. The Morgan fingerprint density at radius 1 is 0.889 bits per heavy atom. The van der Waals surface area contributed by atoms with Crippen molar-refractivity contribution >= 4 is 26.7 Å². The summed E-state index contributed by atoms with van der Waals surface area (Å²) in [7, 11) is -3.44. The van der Waals surface area contributed by atoms with Gasteiger partial charge in [0, 0.05) is 31.6 Å². The van der Waals surface area contributed by atoms with Crippen LogP contribution < -0.4 is 4.90 Å². The van der Waals surface area contributed by atoms with E-state index in [9.17, 15) is 8.42 Å². The highest BCUT2D eigenvalue weighted by atomic mass is 32.2. The number of aromatic nitrogens is 1. The van der Waals surface area contributed by atoms with Crippen LogP contribution in [-0.4, -0.2) is 43.9 Å². The summed E-state index contributed by atoms with van der Waals surface area (Å²) >= 11 is 0. The Labute approximate surface area is 160 Å². The van der Waals surface area contributed by atoms with Gasteiger partial charge >= 0.3 is 0 Å². The van der Waals surface area contributed by atoms with Crippen molar-refractivity contribution < 1.29 is 8.42 Å². The molecular formula is C21H23N3O2S. The van der Waals surface area contributed by atoms with Gasteiger partial charge in [-0.3, -0.25) is 0 Å². The average Bonchev–Trinajstić information content (AvgIpc) is 2.68. The molecule has 0 unspecified atom stereocenters. The summed E-state index contributed by atoms with van der Waals surface area (Å²) in [5.74, 6) is 0.915. The van der Waals surface area contributed by atoms with Crippen LogP contribution in [0.5, 0.6) is 0 Å². The monoisotopic (exact) mass is 381 g/mol. The number of sulfonamides is 1. The molecule has 2 aromatic carbocycles. The van der Waals surface area contributed by atoms with Crippen molar-refractivity contribution in [2.24, 2.45) is 0 Å². The second-order valence-corrected chi connectivity index (χ2v) is 8.96. The molecule has 0 radical (unpaired) electrons. The number of anilines is 1. The van der Waals surface area contributed by atoms with Gasteiger partial charge in [0.25, 0.3) is 0 Å². The molecule has 4 rings (SSSR count). The summed E-state index contributed by atoms with van der Waals surface area (Å²) in [6.45, 7) is 6.23. The number of hydrogen-bond acceptors (Lipinski definition) is 4. The third kappa shape index (κ3) is 3.42. The fourth-order valence-electron chi connectivity index (χ4n) is 3.51. The minimum Gasteiger partial charge on any atom is -0.354 e. The zero-order valence-electron chi connectivity index (χ0n) is 15.6. The van der Waals surface area contributed by atoms with Gasteiger partial charge in [-0.15, -0.1) is 0 Å². The number of rotatable bonds is 3. The molecular weight excluding hydrogens is 358 g/mol. The van der Waals surface area contributed by atoms with Crippen LogP contribution in [0.15, 0.2) is 59.5 Å². The van der Waals surface area contributed by atoms with Crippen LogP contribution in [0.1, 0.15) is 11.1 Å². The van der Waals surface area contributed by atoms with Crippen LogP contribution in [0.3, 0.4) is 0 Å². The quantitative estimate of drug-likeness (QED) is 0.698. The topological polar surface area (TPSA) is 53.5 Å². The molecule has 1 aromatic heterocycles. The van der Waals surface area contributed by atoms with Crippen LogP contribution in [0, 0.1) is 13.8 Å². The largest absolute Gasteiger partial charge is 0.354 e. The van der Waals surface area contributed by atoms with Gasteiger partial charge in [-0.2, -0.15) is 4.31 Å². The maximum atomic E-state index is 12.9. The van der Waals surface area contributed by atoms with Gasteiger partial charge < -0.3 is 4.90 Å². The fourth-order valence-corrected chi connectivity index (χ4v) is 4.93. The van der Waals surface area contributed by atoms with Crippen molar-refractivity contribution in [3.8, 4) is 0 Å². The lowest BCUT2D eigenvalue weighted by molar-refractivity contribution is 0.384. The summed E-state index contributed by atoms with van der Waals surface area (Å²) in [6.07, 6.45) is 0. The molecule has 0 aliphatic carbocycles. The fraction of sp³-hybridized carbons (Fsp3) is 0.286. The predicted octanol–water partition coefficient (Wildman–Crippen LogP) is 3.36. The number of hydrogen-bond donors (Lipinski definition) is 0. The molecule has 1 aliphatic heterocycles. The van der Waals surface area contributed by atoms with Crippen molar-refractivity contribution in [2.45, 2.75) is 18.7 Å². The Hall–Kier alpha value is -2.44. The third-order valence-corrected chi connectivity index (χ3v) is 7.04. The van der Waals surface area contributed by atoms with E-state index in [0.717, 1.165) is 22.3 Å². The maximum Gasteiger partial charge on any atom is 0.243 e. The molecule has 0 amide bonds. The van der Waals surface area contributed by atoms with Crippen LogP contribution in [0.2, 0.25) is 0 Å². The van der Waals surface area contributed by atoms with Gasteiger partial charge in [0.05, 0.1) is 10.4 Å². The number of aryl methyl sites for hydroxylation is 2. The number of fused-ring (bicyclic) bond motifs is 1. The standard InChI is InChI=1S/C21H23N3O2S/c1-16-7-9-18(10-8-16)27(25,26)24-13-11-23(12-14-24)21-15-17(2)19-5-3-4-6-20(19)22-21/h3-10,15H,11-14H2,1-2H3. The molecule has 6 heteroatoms. The molecule has 2 heterocycles. The molecule has 1 fully saturated rings. The smallest absolute Gasteiger partial charge is 0.243 e. The second-order valence-electron chi connectivity index (χ2n) is 7.02. The zero-order chi connectivity index (χ0) is 19.0. The van der Waals surface area contributed by atoms with E-state index in [1.165, 1.54) is 5.56 Å². The van der Waals surface area contributed by atoms with Crippen LogP contribution in [0.4, 0.5) is 5.82 Å². The van der Waals surface area contributed by atoms with E-state index in [0.29, 0.717) is 31.1 Å². The normalized spacial score (nSPS) is 16.0. The summed E-state index contributed by atoms with van der Waals surface area (Å²) < 4.78 is 27.3. The first kappa shape index (κ1) is 17.9. The minimum absolute atomic E-state index is 0.362. The number of benzene rings is 2. The summed E-state index contributed by atoms with van der Waals surface area (Å²) in [4.78, 5) is 7.30. The number of para-hydroxylation sites is 1. The van der Waals surface area contributed by atoms with Crippen LogP contribution in [-0.2, 0) is 10.0 Å². The molecule has 0 saturated carbocycles. The van der Waals surface area contributed by atoms with Crippen LogP contribution >= 0.6 is 0 Å². The lowest BCUT2D eigenvalue weighted by Crippen LogP contribution is -2.48. The van der Waals surface area contributed by atoms with Crippen molar-refractivity contribution in [2.75, 3.05) is 31.1 Å². The summed E-state index contributed by atoms with van der Waals surface area (Å²) in [5, 5.41) is 1.15. The molecule has 0 atom stereocenters. The van der Waals surface area contributed by atoms with E-state index in [2.05, 4.69) is 24.0 Å². The Morgan fingerprint density at radius 3 is 2.26 bits per heavy atom. The van der Waals surface area contributed by atoms with Gasteiger partial charge in [-0.1, -0.05) is 35.9 Å². The number of piperazine rings is 1. The lowest BCUT2D eigenvalue weighted by atomic mass is 10.1. The predicted molar refractivity (Wildman–Crippen MR) is 109 cm³/mol. The first-order valence-corrected chi connectivity index (χ1v) is 10.6. The first-order valence-electron chi connectivity index (χ1n) is 9.13. The van der Waals surface area contributed by atoms with E-state index < -0.39 is 10.0 Å². The van der Waals surface area contributed by atoms with Crippen molar-refractivity contribution in [1.29, 1.82) is 0 Å². The lowest BCUT2D eigenvalue weighted by Gasteiger charge is -2.35. The SMILES string of the molecule is Cc1ccc(S(=O)(=O)N2CCN(c3cc(C)c4ccccc4n3)CC2)cc1. The average molecular weight is 382 g/mol. The molecule has 27 heavy (non-hydrogen) atoms. The Morgan fingerprint density at radius 2 is 1.56 bits per heavy atom. The summed E-state index contributed by atoms with van der Waals surface area (Å²) in [5.41, 5.74) is 3.21. The van der Waals surface area contributed by atoms with Gasteiger partial charge in [0.15, 0.2) is 0 Å². The second kappa shape index (κ2) is 6.94. The Bertz CT molecular complexity index is 1070. The van der Waals surface area contributed by atoms with E-state index in [4.69, 9.17) is 4.98 Å². The molecule has 0 spiro atoms. The Balaban J connectivity index is 1.53. The first-order chi connectivity index (χ1) is 12.9. The van der Waals surface area contributed by atoms with E-state index >= 15 is 0 Å². The minimum atomic E-state index is -3.44. The van der Waals surface area contributed by atoms with E-state index in [1.54, 1.807) is 16.4 Å². The highest BCUT2D eigenvalue weighted by Crippen LogP contribution is 2.24. The molecule has 1 saturated heterocycles. The van der Waals surface area contributed by atoms with Gasteiger partial charge in [0.1, 0.15) is 5.82 Å². The summed E-state index contributed by atoms with van der Waals surface area (Å²) in [6, 6.07) is 17.2. The van der Waals surface area contributed by atoms with Crippen LogP contribution in [0.25, 0.3) is 10.9 Å². The molecule has 0 bridgehead atoms. The van der Waals surface area contributed by atoms with Crippen molar-refractivity contribution in [3.05, 3.63) is 65.7 Å². The maximum absolute atomic E-state index is 12.9. The highest BCUT2D eigenvalue weighted by Gasteiger charge is 2.29. The number of pyridine rings is 1. The van der Waals surface area contributed by atoms with Gasteiger partial charge in [-0.25, -0.2) is 13.4 Å². The Kier molecular flexibility index (Phi) is 4.61. The van der Waals surface area contributed by atoms with Gasteiger partial charge in [0.2, 0.25) is 10.0 Å². The molecule has 5 nitrogen and oxygen atoms in total. The molecule has 3 aromatic rings. The van der Waals surface area contributed by atoms with Gasteiger partial charge in [-0.05, 0) is 43.7 Å². The third-order valence-electron chi connectivity index (χ3n) is 5.13. The number of nitrogens with zero attached hydrogens (tertiary/aromatic N) is 3. The van der Waals surface area contributed by atoms with Crippen molar-refractivity contribution in [1.82, 2.24) is 9.29 Å². The molecule has 0 N–H and O–H groups in total. The van der Waals surface area contributed by atoms with Crippen molar-refractivity contribution in [3.63, 3.8) is 0 Å². The van der Waals surface area contributed by atoms with E-state index in [1.807, 2.05) is 37.3 Å². The van der Waals surface area contributed by atoms with E-state index in [-0.39, 0.29) is 0 Å². The molecule has 140 valence electrons. The molecule has 1 aliphatic rings. The zero-order valence-corrected chi connectivity index (χ0v) is 16.4.